The smallest absolute Gasteiger partial charge is 0.244 e. The standard InChI is InChI=1S/C9H16N4O4S2/c1-10-8-3-4-11-7-9(8)19(16,17)13-6-5-12-18(2,14)15/h3-4,7,12-13H,5-6H2,1-2H3,(H,10,11). The summed E-state index contributed by atoms with van der Waals surface area (Å²) in [6.07, 6.45) is 3.69. The van der Waals surface area contributed by atoms with Gasteiger partial charge in [-0.05, 0) is 6.07 Å². The van der Waals surface area contributed by atoms with Crippen LogP contribution < -0.4 is 14.8 Å². The van der Waals surface area contributed by atoms with E-state index in [1.54, 1.807) is 7.05 Å². The van der Waals surface area contributed by atoms with Gasteiger partial charge in [0.2, 0.25) is 20.0 Å². The molecule has 0 atom stereocenters. The largest absolute Gasteiger partial charge is 0.387 e. The first-order chi connectivity index (χ1) is 8.76. The van der Waals surface area contributed by atoms with Crippen molar-refractivity contribution < 1.29 is 16.8 Å². The Bertz CT molecular complexity index is 627. The van der Waals surface area contributed by atoms with Crippen LogP contribution in [0.5, 0.6) is 0 Å². The average molecular weight is 308 g/mol. The second-order valence-electron chi connectivity index (χ2n) is 3.69. The number of sulfonamides is 2. The van der Waals surface area contributed by atoms with E-state index in [0.717, 1.165) is 6.26 Å². The van der Waals surface area contributed by atoms with Crippen LogP contribution in [0.2, 0.25) is 0 Å². The third kappa shape index (κ3) is 5.11. The van der Waals surface area contributed by atoms with E-state index in [4.69, 9.17) is 0 Å². The Hall–Kier alpha value is -1.23. The molecule has 19 heavy (non-hydrogen) atoms. The number of aromatic nitrogens is 1. The Labute approximate surface area is 112 Å². The zero-order chi connectivity index (χ0) is 14.5. The van der Waals surface area contributed by atoms with Gasteiger partial charge < -0.3 is 5.32 Å². The molecule has 3 N–H and O–H groups in total. The molecule has 1 heterocycles. The molecule has 0 bridgehead atoms. The molecule has 0 saturated heterocycles. The monoisotopic (exact) mass is 308 g/mol. The number of hydrogen-bond acceptors (Lipinski definition) is 6. The van der Waals surface area contributed by atoms with E-state index in [-0.39, 0.29) is 18.0 Å². The third-order valence-corrected chi connectivity index (χ3v) is 4.34. The number of rotatable bonds is 7. The molecule has 0 amide bonds. The van der Waals surface area contributed by atoms with Crippen LogP contribution in [0.4, 0.5) is 5.69 Å². The molecule has 1 aromatic heterocycles. The molecule has 8 nitrogen and oxygen atoms in total. The maximum Gasteiger partial charge on any atom is 0.244 e. The maximum atomic E-state index is 12.0. The van der Waals surface area contributed by atoms with Gasteiger partial charge in [0.05, 0.1) is 11.9 Å². The zero-order valence-corrected chi connectivity index (χ0v) is 12.2. The molecule has 0 aliphatic heterocycles. The van der Waals surface area contributed by atoms with Gasteiger partial charge in [0.15, 0.2) is 0 Å². The molecule has 0 saturated carbocycles. The lowest BCUT2D eigenvalue weighted by Crippen LogP contribution is -2.34. The first-order valence-corrected chi connectivity index (χ1v) is 8.70. The molecular weight excluding hydrogens is 292 g/mol. The summed E-state index contributed by atoms with van der Waals surface area (Å²) in [7, 11) is -5.46. The number of nitrogens with one attached hydrogen (secondary N) is 3. The van der Waals surface area contributed by atoms with Crippen LogP contribution in [0.3, 0.4) is 0 Å². The fourth-order valence-electron chi connectivity index (χ4n) is 1.30. The van der Waals surface area contributed by atoms with Crippen LogP contribution in [-0.4, -0.2) is 48.2 Å². The SMILES string of the molecule is CNc1ccncc1S(=O)(=O)NCCNS(C)(=O)=O. The van der Waals surface area contributed by atoms with Crippen molar-refractivity contribution in [3.05, 3.63) is 18.5 Å². The minimum atomic E-state index is -3.73. The van der Waals surface area contributed by atoms with Crippen LogP contribution in [0.25, 0.3) is 0 Å². The minimum Gasteiger partial charge on any atom is -0.387 e. The van der Waals surface area contributed by atoms with Gasteiger partial charge in [-0.2, -0.15) is 0 Å². The number of nitrogens with zero attached hydrogens (tertiary/aromatic N) is 1. The fraction of sp³-hybridized carbons (Fsp3) is 0.444. The second-order valence-corrected chi connectivity index (χ2v) is 7.25. The van der Waals surface area contributed by atoms with Crippen molar-refractivity contribution in [2.45, 2.75) is 4.90 Å². The van der Waals surface area contributed by atoms with Gasteiger partial charge in [-0.3, -0.25) is 4.98 Å². The minimum absolute atomic E-state index is 0.0110. The Balaban J connectivity index is 2.71. The summed E-state index contributed by atoms with van der Waals surface area (Å²) in [4.78, 5) is 3.77. The predicted octanol–water partition coefficient (Wildman–Crippen LogP) is -1.05. The van der Waals surface area contributed by atoms with Crippen molar-refractivity contribution in [2.24, 2.45) is 0 Å². The average Bonchev–Trinajstić information content (AvgIpc) is 2.33. The Morgan fingerprint density at radius 1 is 1.16 bits per heavy atom. The number of hydrogen-bond donors (Lipinski definition) is 3. The van der Waals surface area contributed by atoms with E-state index in [1.165, 1.54) is 18.5 Å². The molecule has 108 valence electrons. The molecule has 0 spiro atoms. The summed E-state index contributed by atoms with van der Waals surface area (Å²) in [5.41, 5.74) is 0.415. The molecule has 0 radical (unpaired) electrons. The van der Waals surface area contributed by atoms with E-state index >= 15 is 0 Å². The lowest BCUT2D eigenvalue weighted by Gasteiger charge is -2.10. The van der Waals surface area contributed by atoms with Crippen molar-refractivity contribution in [3.8, 4) is 0 Å². The zero-order valence-electron chi connectivity index (χ0n) is 10.5. The van der Waals surface area contributed by atoms with Crippen LogP contribution in [0.15, 0.2) is 23.4 Å². The first-order valence-electron chi connectivity index (χ1n) is 5.32. The van der Waals surface area contributed by atoms with Crippen molar-refractivity contribution in [3.63, 3.8) is 0 Å². The van der Waals surface area contributed by atoms with Gasteiger partial charge >= 0.3 is 0 Å². The lowest BCUT2D eigenvalue weighted by atomic mass is 10.4. The first kappa shape index (κ1) is 15.8. The quantitative estimate of drug-likeness (QED) is 0.553. The van der Waals surface area contributed by atoms with Gasteiger partial charge in [-0.1, -0.05) is 0 Å². The van der Waals surface area contributed by atoms with Crippen molar-refractivity contribution in [2.75, 3.05) is 31.7 Å². The van der Waals surface area contributed by atoms with Crippen LogP contribution >= 0.6 is 0 Å². The lowest BCUT2D eigenvalue weighted by molar-refractivity contribution is 0.573. The number of pyridine rings is 1. The molecule has 0 aliphatic carbocycles. The molecular formula is C9H16N4O4S2. The highest BCUT2D eigenvalue weighted by Crippen LogP contribution is 2.18. The molecule has 1 aromatic rings. The molecule has 0 aromatic carbocycles. The summed E-state index contributed by atoms with van der Waals surface area (Å²) in [6.45, 7) is -0.0688. The summed E-state index contributed by atoms with van der Waals surface area (Å²) < 4.78 is 50.0. The highest BCUT2D eigenvalue weighted by Gasteiger charge is 2.17. The Morgan fingerprint density at radius 2 is 1.79 bits per heavy atom. The Morgan fingerprint density at radius 3 is 2.37 bits per heavy atom. The fourth-order valence-corrected chi connectivity index (χ4v) is 2.96. The number of anilines is 1. The van der Waals surface area contributed by atoms with Gasteiger partial charge in [0.25, 0.3) is 0 Å². The molecule has 10 heteroatoms. The predicted molar refractivity (Wildman–Crippen MR) is 71.8 cm³/mol. The molecule has 1 rings (SSSR count). The summed E-state index contributed by atoms with van der Waals surface area (Å²) in [5.74, 6) is 0. The van der Waals surface area contributed by atoms with Gasteiger partial charge in [-0.15, -0.1) is 0 Å². The van der Waals surface area contributed by atoms with E-state index < -0.39 is 20.0 Å². The Kier molecular flexibility index (Phi) is 5.23. The van der Waals surface area contributed by atoms with Crippen molar-refractivity contribution in [1.82, 2.24) is 14.4 Å². The van der Waals surface area contributed by atoms with Crippen molar-refractivity contribution >= 4 is 25.7 Å². The highest BCUT2D eigenvalue weighted by molar-refractivity contribution is 7.89. The summed E-state index contributed by atoms with van der Waals surface area (Å²) in [6, 6.07) is 1.53. The maximum absolute atomic E-state index is 12.0. The van der Waals surface area contributed by atoms with Crippen LogP contribution in [0, 0.1) is 0 Å². The second kappa shape index (κ2) is 6.28. The molecule has 0 aliphatic rings. The van der Waals surface area contributed by atoms with E-state index in [1.807, 2.05) is 0 Å². The van der Waals surface area contributed by atoms with E-state index in [0.29, 0.717) is 5.69 Å². The van der Waals surface area contributed by atoms with Crippen LogP contribution in [-0.2, 0) is 20.0 Å². The van der Waals surface area contributed by atoms with E-state index in [9.17, 15) is 16.8 Å². The topological polar surface area (TPSA) is 117 Å². The van der Waals surface area contributed by atoms with E-state index in [2.05, 4.69) is 19.7 Å². The van der Waals surface area contributed by atoms with Gasteiger partial charge in [0.1, 0.15) is 4.90 Å². The van der Waals surface area contributed by atoms with Crippen molar-refractivity contribution in [1.29, 1.82) is 0 Å². The molecule has 0 unspecified atom stereocenters. The molecule has 0 fully saturated rings. The van der Waals surface area contributed by atoms with Gasteiger partial charge in [0, 0.05) is 32.5 Å². The normalized spacial score (nSPS) is 12.3. The van der Waals surface area contributed by atoms with Gasteiger partial charge in [-0.25, -0.2) is 26.3 Å². The summed E-state index contributed by atoms with van der Waals surface area (Å²) >= 11 is 0. The summed E-state index contributed by atoms with van der Waals surface area (Å²) in [5, 5.41) is 2.75. The van der Waals surface area contributed by atoms with Crippen LogP contribution in [0.1, 0.15) is 0 Å². The highest BCUT2D eigenvalue weighted by atomic mass is 32.2. The third-order valence-electron chi connectivity index (χ3n) is 2.12.